The second kappa shape index (κ2) is 5.74. The molecule has 5 nitrogen and oxygen atoms in total. The largest absolute Gasteiger partial charge is 0.422 e. The number of oxazole rings is 1. The Morgan fingerprint density at radius 1 is 1.42 bits per heavy atom. The van der Waals surface area contributed by atoms with Gasteiger partial charge in [-0.1, -0.05) is 29.3 Å². The standard InChI is InChI=1S/C12H8Cl2N4O/c1-7-17-11(5-15)12(19-7)18-16-6-8-9(13)3-2-4-10(8)14/h2-4,6,18H,1H3/b16-6+. The number of benzene rings is 1. The van der Waals surface area contributed by atoms with Gasteiger partial charge in [-0.3, -0.25) is 0 Å². The summed E-state index contributed by atoms with van der Waals surface area (Å²) in [5.41, 5.74) is 3.30. The molecule has 0 atom stereocenters. The van der Waals surface area contributed by atoms with Crippen molar-refractivity contribution in [3.63, 3.8) is 0 Å². The molecule has 0 amide bonds. The van der Waals surface area contributed by atoms with Crippen LogP contribution in [0.15, 0.2) is 27.7 Å². The zero-order chi connectivity index (χ0) is 13.8. The molecule has 0 saturated heterocycles. The molecule has 0 bridgehead atoms. The number of nitrogens with zero attached hydrogens (tertiary/aromatic N) is 3. The van der Waals surface area contributed by atoms with Crippen LogP contribution in [0.1, 0.15) is 17.1 Å². The third-order valence-electron chi connectivity index (χ3n) is 2.20. The first kappa shape index (κ1) is 13.4. The number of anilines is 1. The van der Waals surface area contributed by atoms with Gasteiger partial charge in [0.05, 0.1) is 16.3 Å². The summed E-state index contributed by atoms with van der Waals surface area (Å²) in [6.07, 6.45) is 1.45. The van der Waals surface area contributed by atoms with E-state index in [0.717, 1.165) is 0 Å². The number of aromatic nitrogens is 1. The zero-order valence-corrected chi connectivity index (χ0v) is 11.3. The van der Waals surface area contributed by atoms with E-state index in [9.17, 15) is 0 Å². The second-order valence-electron chi connectivity index (χ2n) is 3.53. The Kier molecular flexibility index (Phi) is 4.05. The van der Waals surface area contributed by atoms with Gasteiger partial charge in [0.1, 0.15) is 6.07 Å². The van der Waals surface area contributed by atoms with E-state index in [1.165, 1.54) is 6.21 Å². The summed E-state index contributed by atoms with van der Waals surface area (Å²) < 4.78 is 5.18. The highest BCUT2D eigenvalue weighted by molar-refractivity contribution is 6.38. The van der Waals surface area contributed by atoms with Crippen molar-refractivity contribution in [2.45, 2.75) is 6.92 Å². The fraction of sp³-hybridized carbons (Fsp3) is 0.0833. The number of rotatable bonds is 3. The lowest BCUT2D eigenvalue weighted by Gasteiger charge is -2.00. The fourth-order valence-electron chi connectivity index (χ4n) is 1.37. The summed E-state index contributed by atoms with van der Waals surface area (Å²) in [5, 5.41) is 13.7. The third-order valence-corrected chi connectivity index (χ3v) is 2.86. The number of hydrogen-bond donors (Lipinski definition) is 1. The topological polar surface area (TPSA) is 74.2 Å². The molecule has 1 aromatic heterocycles. The minimum absolute atomic E-state index is 0.139. The lowest BCUT2D eigenvalue weighted by Crippen LogP contribution is -1.92. The van der Waals surface area contributed by atoms with Gasteiger partial charge in [0.25, 0.3) is 5.88 Å². The van der Waals surface area contributed by atoms with Crippen LogP contribution in [0.5, 0.6) is 0 Å². The summed E-state index contributed by atoms with van der Waals surface area (Å²) in [6.45, 7) is 1.64. The van der Waals surface area contributed by atoms with Gasteiger partial charge in [0.2, 0.25) is 5.69 Å². The molecule has 2 aromatic rings. The van der Waals surface area contributed by atoms with Gasteiger partial charge in [-0.2, -0.15) is 10.4 Å². The Bertz CT molecular complexity index is 653. The molecule has 0 unspecified atom stereocenters. The first-order valence-corrected chi connectivity index (χ1v) is 5.98. The lowest BCUT2D eigenvalue weighted by atomic mass is 10.2. The van der Waals surface area contributed by atoms with Crippen molar-refractivity contribution < 1.29 is 4.42 Å². The predicted octanol–water partition coefficient (Wildman–Crippen LogP) is 3.61. The zero-order valence-electron chi connectivity index (χ0n) is 9.82. The molecule has 0 aliphatic carbocycles. The van der Waals surface area contributed by atoms with Gasteiger partial charge >= 0.3 is 0 Å². The number of nitrogens with one attached hydrogen (secondary N) is 1. The third kappa shape index (κ3) is 3.05. The average molecular weight is 295 g/mol. The number of aryl methyl sites for hydroxylation is 1. The van der Waals surface area contributed by atoms with E-state index in [1.807, 2.05) is 6.07 Å². The van der Waals surface area contributed by atoms with Gasteiger partial charge in [-0.25, -0.2) is 10.4 Å². The number of nitriles is 1. The quantitative estimate of drug-likeness (QED) is 0.693. The highest BCUT2D eigenvalue weighted by atomic mass is 35.5. The molecule has 19 heavy (non-hydrogen) atoms. The van der Waals surface area contributed by atoms with Crippen LogP contribution in [0, 0.1) is 18.3 Å². The van der Waals surface area contributed by atoms with Crippen molar-refractivity contribution in [3.05, 3.63) is 45.4 Å². The Morgan fingerprint density at radius 3 is 2.74 bits per heavy atom. The summed E-state index contributed by atoms with van der Waals surface area (Å²) in [5.74, 6) is 0.560. The Hall–Kier alpha value is -2.03. The Balaban J connectivity index is 2.19. The molecule has 0 fully saturated rings. The number of halogens is 2. The van der Waals surface area contributed by atoms with Crippen LogP contribution < -0.4 is 5.43 Å². The van der Waals surface area contributed by atoms with Crippen LogP contribution in [0.4, 0.5) is 5.88 Å². The van der Waals surface area contributed by atoms with Crippen molar-refractivity contribution >= 4 is 35.3 Å². The highest BCUT2D eigenvalue weighted by Crippen LogP contribution is 2.22. The first-order valence-electron chi connectivity index (χ1n) is 5.22. The van der Waals surface area contributed by atoms with Crippen molar-refractivity contribution in [1.82, 2.24) is 4.98 Å². The van der Waals surface area contributed by atoms with E-state index < -0.39 is 0 Å². The molecule has 7 heteroatoms. The molecule has 0 radical (unpaired) electrons. The molecular weight excluding hydrogens is 287 g/mol. The monoisotopic (exact) mass is 294 g/mol. The molecule has 2 rings (SSSR count). The normalized spacial score (nSPS) is 10.6. The summed E-state index contributed by atoms with van der Waals surface area (Å²) in [4.78, 5) is 3.87. The minimum atomic E-state index is 0.139. The lowest BCUT2D eigenvalue weighted by molar-refractivity contribution is 0.533. The SMILES string of the molecule is Cc1nc(C#N)c(N/N=C/c2c(Cl)cccc2Cl)o1. The molecule has 0 aliphatic rings. The van der Waals surface area contributed by atoms with Crippen molar-refractivity contribution in [3.8, 4) is 6.07 Å². The number of hydrazone groups is 1. The molecule has 1 heterocycles. The molecule has 0 saturated carbocycles. The van der Waals surface area contributed by atoms with E-state index in [1.54, 1.807) is 25.1 Å². The Labute approximate surface area is 119 Å². The van der Waals surface area contributed by atoms with Crippen LogP contribution in [0.3, 0.4) is 0 Å². The first-order chi connectivity index (χ1) is 9.11. The molecule has 96 valence electrons. The van der Waals surface area contributed by atoms with Crippen molar-refractivity contribution in [2.24, 2.45) is 5.10 Å². The van der Waals surface area contributed by atoms with E-state index >= 15 is 0 Å². The van der Waals surface area contributed by atoms with Crippen molar-refractivity contribution in [1.29, 1.82) is 5.26 Å². The van der Waals surface area contributed by atoms with Crippen LogP contribution in [0.2, 0.25) is 10.0 Å². The van der Waals surface area contributed by atoms with Gasteiger partial charge in [0, 0.05) is 12.5 Å². The molecule has 1 N–H and O–H groups in total. The second-order valence-corrected chi connectivity index (χ2v) is 4.34. The maximum Gasteiger partial charge on any atom is 0.252 e. The van der Waals surface area contributed by atoms with Crippen LogP contribution >= 0.6 is 23.2 Å². The van der Waals surface area contributed by atoms with Gasteiger partial charge in [-0.15, -0.1) is 0 Å². The predicted molar refractivity (Wildman–Crippen MR) is 73.6 cm³/mol. The van der Waals surface area contributed by atoms with Crippen LogP contribution in [0.25, 0.3) is 0 Å². The summed E-state index contributed by atoms with van der Waals surface area (Å²) >= 11 is 12.0. The van der Waals surface area contributed by atoms with E-state index in [4.69, 9.17) is 32.9 Å². The van der Waals surface area contributed by atoms with Crippen molar-refractivity contribution in [2.75, 3.05) is 5.43 Å². The molecule has 1 aromatic carbocycles. The van der Waals surface area contributed by atoms with Gasteiger partial charge < -0.3 is 4.42 Å². The Morgan fingerprint density at radius 2 is 2.11 bits per heavy atom. The molecule has 0 aliphatic heterocycles. The van der Waals surface area contributed by atoms with Gasteiger partial charge in [0.15, 0.2) is 5.89 Å². The minimum Gasteiger partial charge on any atom is -0.422 e. The summed E-state index contributed by atoms with van der Waals surface area (Å²) in [6, 6.07) is 7.04. The van der Waals surface area contributed by atoms with Crippen LogP contribution in [-0.4, -0.2) is 11.2 Å². The number of hydrogen-bond acceptors (Lipinski definition) is 5. The highest BCUT2D eigenvalue weighted by Gasteiger charge is 2.09. The maximum absolute atomic E-state index is 8.83. The van der Waals surface area contributed by atoms with E-state index in [0.29, 0.717) is 21.5 Å². The fourth-order valence-corrected chi connectivity index (χ4v) is 1.86. The maximum atomic E-state index is 8.83. The molecular formula is C12H8Cl2N4O. The molecule has 0 spiro atoms. The van der Waals surface area contributed by atoms with Gasteiger partial charge in [-0.05, 0) is 12.1 Å². The summed E-state index contributed by atoms with van der Waals surface area (Å²) in [7, 11) is 0. The van der Waals surface area contributed by atoms with Crippen LogP contribution in [-0.2, 0) is 0 Å². The smallest absolute Gasteiger partial charge is 0.252 e. The average Bonchev–Trinajstić information content (AvgIpc) is 2.73. The van der Waals surface area contributed by atoms with E-state index in [2.05, 4.69) is 15.5 Å². The van der Waals surface area contributed by atoms with E-state index in [-0.39, 0.29) is 11.6 Å².